The molecule has 0 saturated heterocycles. The third kappa shape index (κ3) is 2.35. The Labute approximate surface area is 202 Å². The highest BCUT2D eigenvalue weighted by Crippen LogP contribution is 2.56. The van der Waals surface area contributed by atoms with Gasteiger partial charge in [-0.3, -0.25) is 0 Å². The second-order valence-electron chi connectivity index (χ2n) is 11.6. The summed E-state index contributed by atoms with van der Waals surface area (Å²) in [6.07, 6.45) is 11.7. The molecule has 0 radical (unpaired) electrons. The van der Waals surface area contributed by atoms with Crippen molar-refractivity contribution in [1.29, 1.82) is 0 Å². The zero-order valence-electron chi connectivity index (χ0n) is 20.6. The van der Waals surface area contributed by atoms with E-state index in [4.69, 9.17) is 0 Å². The fourth-order valence-corrected chi connectivity index (χ4v) is 8.47. The molecule has 1 aliphatic heterocycles. The lowest BCUT2D eigenvalue weighted by molar-refractivity contribution is -0.659. The molecule has 0 spiro atoms. The van der Waals surface area contributed by atoms with Crippen LogP contribution < -0.4 is 9.47 Å². The molecule has 0 N–H and O–H groups in total. The molecule has 170 valence electrons. The average molecular weight is 446 g/mol. The highest BCUT2D eigenvalue weighted by molar-refractivity contribution is 6.14. The Bertz CT molecular complexity index is 1540. The Hall–Kier alpha value is -2.87. The van der Waals surface area contributed by atoms with Crippen LogP contribution in [0.2, 0.25) is 0 Å². The molecule has 4 aromatic rings. The van der Waals surface area contributed by atoms with E-state index >= 15 is 0 Å². The van der Waals surface area contributed by atoms with Gasteiger partial charge in [-0.25, -0.2) is 4.57 Å². The Kier molecular flexibility index (Phi) is 3.79. The van der Waals surface area contributed by atoms with Gasteiger partial charge in [0.15, 0.2) is 6.20 Å². The number of rotatable bonds is 1. The molecular formula is C32H33N2+. The van der Waals surface area contributed by atoms with Gasteiger partial charge in [0.25, 0.3) is 0 Å². The summed E-state index contributed by atoms with van der Waals surface area (Å²) in [5.41, 5.74) is 11.9. The molecule has 3 atom stereocenters. The first kappa shape index (κ1) is 19.4. The molecule has 8 rings (SSSR count). The first-order valence-corrected chi connectivity index (χ1v) is 13.4. The number of fused-ring (bicyclic) bond motifs is 5. The van der Waals surface area contributed by atoms with Crippen LogP contribution in [0.4, 0.5) is 11.4 Å². The first-order chi connectivity index (χ1) is 16.6. The fourth-order valence-electron chi connectivity index (χ4n) is 8.47. The molecule has 2 bridgehead atoms. The van der Waals surface area contributed by atoms with Crippen molar-refractivity contribution in [3.8, 4) is 11.3 Å². The summed E-state index contributed by atoms with van der Waals surface area (Å²) in [5, 5.41) is 5.86. The van der Waals surface area contributed by atoms with Gasteiger partial charge in [0.05, 0.1) is 22.3 Å². The summed E-state index contributed by atoms with van der Waals surface area (Å²) in [6.45, 7) is 2.36. The normalized spacial score (nSPS) is 24.3. The maximum absolute atomic E-state index is 2.58. The second-order valence-corrected chi connectivity index (χ2v) is 11.6. The molecule has 2 heteroatoms. The fraction of sp³-hybridized carbons (Fsp3) is 0.406. The summed E-state index contributed by atoms with van der Waals surface area (Å²) in [4.78, 5) is 2.57. The molecule has 2 heterocycles. The van der Waals surface area contributed by atoms with Crippen molar-refractivity contribution in [3.05, 3.63) is 64.8 Å². The monoisotopic (exact) mass is 445 g/mol. The van der Waals surface area contributed by atoms with Gasteiger partial charge in [-0.2, -0.15) is 0 Å². The molecule has 3 aromatic carbocycles. The molecular weight excluding hydrogens is 412 g/mol. The molecule has 1 aromatic heterocycles. The molecule has 2 fully saturated rings. The van der Waals surface area contributed by atoms with Crippen molar-refractivity contribution in [1.82, 2.24) is 0 Å². The number of nitrogens with zero attached hydrogens (tertiary/aromatic N) is 2. The van der Waals surface area contributed by atoms with E-state index in [1.54, 1.807) is 22.1 Å². The minimum absolute atomic E-state index is 0.759. The van der Waals surface area contributed by atoms with E-state index < -0.39 is 0 Å². The summed E-state index contributed by atoms with van der Waals surface area (Å²) < 4.78 is 2.38. The predicted octanol–water partition coefficient (Wildman–Crippen LogP) is 7.27. The highest BCUT2D eigenvalue weighted by Gasteiger charge is 2.41. The van der Waals surface area contributed by atoms with E-state index in [0.717, 1.165) is 17.8 Å². The minimum atomic E-state index is 0.759. The first-order valence-electron chi connectivity index (χ1n) is 13.4. The molecule has 34 heavy (non-hydrogen) atoms. The molecule has 4 aliphatic rings. The van der Waals surface area contributed by atoms with E-state index in [-0.39, 0.29) is 0 Å². The topological polar surface area (TPSA) is 7.12 Å². The third-order valence-corrected chi connectivity index (χ3v) is 9.96. The number of benzene rings is 3. The van der Waals surface area contributed by atoms with Gasteiger partial charge in [0.1, 0.15) is 7.05 Å². The van der Waals surface area contributed by atoms with Crippen molar-refractivity contribution in [2.75, 3.05) is 11.9 Å². The summed E-state index contributed by atoms with van der Waals surface area (Å²) in [6, 6.07) is 14.5. The van der Waals surface area contributed by atoms with Gasteiger partial charge in [0, 0.05) is 13.1 Å². The van der Waals surface area contributed by atoms with Crippen LogP contribution in [-0.4, -0.2) is 7.05 Å². The molecule has 3 unspecified atom stereocenters. The zero-order valence-corrected chi connectivity index (χ0v) is 20.6. The average Bonchev–Trinajstić information content (AvgIpc) is 3.49. The number of aryl methyl sites for hydroxylation is 4. The Morgan fingerprint density at radius 1 is 1.00 bits per heavy atom. The van der Waals surface area contributed by atoms with Crippen molar-refractivity contribution >= 4 is 32.9 Å². The van der Waals surface area contributed by atoms with Crippen LogP contribution in [-0.2, 0) is 19.9 Å². The van der Waals surface area contributed by atoms with Crippen molar-refractivity contribution in [2.45, 2.75) is 57.8 Å². The van der Waals surface area contributed by atoms with Gasteiger partial charge >= 0.3 is 0 Å². The standard InChI is InChI=1S/C32H33N2/c1-18-24-8-4-6-20-7-5-9-25(29(20)24)31-28(18)32-30-22(12-13-33(32)2)16-23(17-27(30)34(31)3)26-15-19-10-11-21(26)14-19/h4,6,8,12-13,16-17,19,21,26H,5,7,9-11,14-15H2,1-3H3/q+1. The predicted molar refractivity (Wildman–Crippen MR) is 141 cm³/mol. The maximum atomic E-state index is 2.58. The number of aromatic nitrogens is 1. The highest BCUT2D eigenvalue weighted by atomic mass is 15.1. The largest absolute Gasteiger partial charge is 0.343 e. The van der Waals surface area contributed by atoms with E-state index in [1.807, 2.05) is 0 Å². The number of hydrogen-bond acceptors (Lipinski definition) is 1. The Morgan fingerprint density at radius 3 is 2.74 bits per heavy atom. The SMILES string of the molecule is Cc1c2c(c3c4c(cccc14)CCC3)N(C)c1cc(C3CC4CCC3C4)cc3cc[n+](C)c-2c13. The number of pyridine rings is 1. The van der Waals surface area contributed by atoms with Crippen molar-refractivity contribution in [3.63, 3.8) is 0 Å². The molecule has 0 amide bonds. The lowest BCUT2D eigenvalue weighted by Gasteiger charge is -2.35. The van der Waals surface area contributed by atoms with E-state index in [9.17, 15) is 0 Å². The second kappa shape index (κ2) is 6.62. The van der Waals surface area contributed by atoms with Gasteiger partial charge in [-0.15, -0.1) is 0 Å². The molecule has 2 saturated carbocycles. The van der Waals surface area contributed by atoms with E-state index in [1.165, 1.54) is 89.3 Å². The van der Waals surface area contributed by atoms with Crippen molar-refractivity contribution < 1.29 is 4.57 Å². The molecule has 3 aliphatic carbocycles. The zero-order chi connectivity index (χ0) is 22.7. The lowest BCUT2D eigenvalue weighted by Crippen LogP contribution is -2.34. The van der Waals surface area contributed by atoms with E-state index in [2.05, 4.69) is 73.1 Å². The van der Waals surface area contributed by atoms with Crippen molar-refractivity contribution in [2.24, 2.45) is 18.9 Å². The van der Waals surface area contributed by atoms with Crippen LogP contribution in [0.25, 0.3) is 32.8 Å². The van der Waals surface area contributed by atoms with Crippen LogP contribution in [0.3, 0.4) is 0 Å². The summed E-state index contributed by atoms with van der Waals surface area (Å²) in [5.74, 6) is 2.64. The minimum Gasteiger partial charge on any atom is -0.343 e. The van der Waals surface area contributed by atoms with Crippen LogP contribution in [0.15, 0.2) is 42.6 Å². The summed E-state index contributed by atoms with van der Waals surface area (Å²) in [7, 11) is 4.58. The van der Waals surface area contributed by atoms with Crippen LogP contribution >= 0.6 is 0 Å². The maximum Gasteiger partial charge on any atom is 0.224 e. The Morgan fingerprint density at radius 2 is 1.91 bits per heavy atom. The van der Waals surface area contributed by atoms with Gasteiger partial charge < -0.3 is 4.90 Å². The third-order valence-electron chi connectivity index (χ3n) is 9.96. The smallest absolute Gasteiger partial charge is 0.224 e. The van der Waals surface area contributed by atoms with Gasteiger partial charge in [-0.1, -0.05) is 30.7 Å². The molecule has 2 nitrogen and oxygen atoms in total. The van der Waals surface area contributed by atoms with Gasteiger partial charge in [0.2, 0.25) is 5.69 Å². The quantitative estimate of drug-likeness (QED) is 0.280. The van der Waals surface area contributed by atoms with Crippen LogP contribution in [0.1, 0.15) is 60.3 Å². The van der Waals surface area contributed by atoms with Crippen LogP contribution in [0, 0.1) is 18.8 Å². The number of hydrogen-bond donors (Lipinski definition) is 0. The van der Waals surface area contributed by atoms with E-state index in [0.29, 0.717) is 0 Å². The lowest BCUT2D eigenvalue weighted by atomic mass is 9.79. The number of anilines is 2. The van der Waals surface area contributed by atoms with Gasteiger partial charge in [-0.05, 0) is 108 Å². The Balaban J connectivity index is 1.47. The van der Waals surface area contributed by atoms with Crippen LogP contribution in [0.5, 0.6) is 0 Å². The summed E-state index contributed by atoms with van der Waals surface area (Å²) >= 11 is 0.